The van der Waals surface area contributed by atoms with Crippen LogP contribution in [0, 0.1) is 0 Å². The first-order chi connectivity index (χ1) is 10.5. The number of nitrogens with zero attached hydrogens (tertiary/aromatic N) is 1. The molecule has 5 rings (SSSR count). The van der Waals surface area contributed by atoms with E-state index in [1.165, 1.54) is 5.56 Å². The van der Waals surface area contributed by atoms with Crippen LogP contribution in [-0.4, -0.2) is 44.9 Å². The second-order valence-electron chi connectivity index (χ2n) is 6.87. The molecule has 4 nitrogen and oxygen atoms in total. The molecule has 22 heavy (non-hydrogen) atoms. The van der Waals surface area contributed by atoms with E-state index in [0.717, 1.165) is 24.9 Å². The Morgan fingerprint density at radius 2 is 2.27 bits per heavy atom. The van der Waals surface area contributed by atoms with Gasteiger partial charge < -0.3 is 14.7 Å². The van der Waals surface area contributed by atoms with Gasteiger partial charge in [0.15, 0.2) is 23.4 Å². The van der Waals surface area contributed by atoms with Crippen LogP contribution in [0.4, 0.5) is 0 Å². The van der Waals surface area contributed by atoms with Crippen LogP contribution in [-0.2, 0) is 16.6 Å². The molecular weight excluding hydrogens is 393 g/mol. The molecule has 114 valence electrons. The first-order valence-corrected chi connectivity index (χ1v) is 8.71. The lowest BCUT2D eigenvalue weighted by Crippen LogP contribution is -2.72. The third kappa shape index (κ3) is 1.21. The number of rotatable bonds is 0. The summed E-state index contributed by atoms with van der Waals surface area (Å²) in [6.07, 6.45) is 5.10. The minimum absolute atomic E-state index is 0.0269. The van der Waals surface area contributed by atoms with Gasteiger partial charge in [-0.15, -0.1) is 0 Å². The number of aromatic hydroxyl groups is 1. The van der Waals surface area contributed by atoms with Gasteiger partial charge in [-0.05, 0) is 44.1 Å². The molecule has 0 aromatic heterocycles. The highest BCUT2D eigenvalue weighted by molar-refractivity contribution is 14.1. The molecule has 2 unspecified atom stereocenters. The summed E-state index contributed by atoms with van der Waals surface area (Å²) >= 11 is 2.54. The number of likely N-dealkylation sites (N-methyl/N-ethyl adjacent to an activating group) is 1. The third-order valence-electron chi connectivity index (χ3n) is 6.07. The molecule has 0 saturated carbocycles. The number of hydrogen-bond donors (Lipinski definition) is 1. The number of alkyl halides is 1. The van der Waals surface area contributed by atoms with Crippen molar-refractivity contribution in [2.75, 3.05) is 13.6 Å². The Labute approximate surface area is 142 Å². The SMILES string of the molecule is CN1CC[C@]23c4c5ccc(O)c4OC2C(=O)C=CC3(I)[C@H]1C5. The Balaban J connectivity index is 1.91. The molecule has 1 aromatic rings. The third-order valence-corrected chi connectivity index (χ3v) is 8.12. The fourth-order valence-corrected chi connectivity index (χ4v) is 6.77. The Hall–Kier alpha value is -1.08. The molecule has 2 bridgehead atoms. The maximum atomic E-state index is 12.5. The van der Waals surface area contributed by atoms with Crippen molar-refractivity contribution in [1.82, 2.24) is 4.90 Å². The number of hydrogen-bond acceptors (Lipinski definition) is 4. The van der Waals surface area contributed by atoms with Crippen LogP contribution < -0.4 is 4.74 Å². The molecule has 4 aliphatic rings. The Bertz CT molecular complexity index is 761. The van der Waals surface area contributed by atoms with Crippen LogP contribution in [0.2, 0.25) is 0 Å². The number of likely N-dealkylation sites (tertiary alicyclic amines) is 1. The van der Waals surface area contributed by atoms with Gasteiger partial charge >= 0.3 is 0 Å². The number of carbonyl (C=O) groups is 1. The minimum Gasteiger partial charge on any atom is -0.504 e. The Kier molecular flexibility index (Phi) is 2.35. The van der Waals surface area contributed by atoms with Crippen molar-refractivity contribution in [3.63, 3.8) is 0 Å². The zero-order valence-corrected chi connectivity index (χ0v) is 14.3. The molecule has 1 spiro atoms. The van der Waals surface area contributed by atoms with E-state index >= 15 is 0 Å². The van der Waals surface area contributed by atoms with Gasteiger partial charge in [-0.25, -0.2) is 0 Å². The second kappa shape index (κ2) is 3.87. The lowest BCUT2D eigenvalue weighted by atomic mass is 9.53. The summed E-state index contributed by atoms with van der Waals surface area (Å²) in [6.45, 7) is 0.949. The summed E-state index contributed by atoms with van der Waals surface area (Å²) in [7, 11) is 2.17. The molecule has 2 heterocycles. The van der Waals surface area contributed by atoms with Gasteiger partial charge in [0, 0.05) is 11.6 Å². The average Bonchev–Trinajstić information content (AvgIpc) is 2.85. The molecular formula is C17H16INO3. The molecule has 2 aliphatic carbocycles. The van der Waals surface area contributed by atoms with Crippen LogP contribution in [0.15, 0.2) is 24.3 Å². The second-order valence-corrected chi connectivity index (χ2v) is 8.66. The van der Waals surface area contributed by atoms with E-state index in [4.69, 9.17) is 4.74 Å². The van der Waals surface area contributed by atoms with E-state index in [0.29, 0.717) is 11.8 Å². The van der Waals surface area contributed by atoms with E-state index in [9.17, 15) is 9.90 Å². The maximum Gasteiger partial charge on any atom is 0.196 e. The summed E-state index contributed by atoms with van der Waals surface area (Å²) in [5.74, 6) is 0.731. The topological polar surface area (TPSA) is 49.8 Å². The summed E-state index contributed by atoms with van der Waals surface area (Å²) in [6, 6.07) is 4.06. The normalized spacial score (nSPS) is 41.3. The number of piperidine rings is 1. The lowest BCUT2D eigenvalue weighted by molar-refractivity contribution is -0.126. The standard InChI is InChI=1S/C17H16INO3/c1-19-7-6-16-13-9-2-3-10(20)14(13)22-15(16)11(21)4-5-17(16,18)12(19)8-9/h2-5,12,15,20H,6-8H2,1H3/t12-,15?,16+,17?/m1/s1. The van der Waals surface area contributed by atoms with E-state index in [1.807, 2.05) is 6.07 Å². The number of ether oxygens (including phenoxy) is 1. The average molecular weight is 409 g/mol. The Morgan fingerprint density at radius 3 is 3.09 bits per heavy atom. The maximum absolute atomic E-state index is 12.5. The monoisotopic (exact) mass is 409 g/mol. The van der Waals surface area contributed by atoms with Gasteiger partial charge in [0.25, 0.3) is 0 Å². The van der Waals surface area contributed by atoms with Gasteiger partial charge in [-0.1, -0.05) is 34.7 Å². The highest BCUT2D eigenvalue weighted by Gasteiger charge is 2.70. The highest BCUT2D eigenvalue weighted by Crippen LogP contribution is 2.66. The van der Waals surface area contributed by atoms with Gasteiger partial charge in [0.1, 0.15) is 0 Å². The van der Waals surface area contributed by atoms with Crippen molar-refractivity contribution in [2.24, 2.45) is 0 Å². The number of ketones is 1. The predicted molar refractivity (Wildman–Crippen MR) is 89.8 cm³/mol. The zero-order chi connectivity index (χ0) is 15.3. The number of halogens is 1. The fourth-order valence-electron chi connectivity index (χ4n) is 5.07. The van der Waals surface area contributed by atoms with Gasteiger partial charge in [0.2, 0.25) is 0 Å². The number of benzene rings is 1. The molecule has 1 N–H and O–H groups in total. The molecule has 1 fully saturated rings. The Morgan fingerprint density at radius 1 is 1.45 bits per heavy atom. The van der Waals surface area contributed by atoms with Crippen molar-refractivity contribution in [2.45, 2.75) is 33.8 Å². The molecule has 4 atom stereocenters. The summed E-state index contributed by atoms with van der Waals surface area (Å²) in [4.78, 5) is 15.0. The molecule has 1 saturated heterocycles. The first-order valence-electron chi connectivity index (χ1n) is 7.63. The summed E-state index contributed by atoms with van der Waals surface area (Å²) < 4.78 is 5.88. The largest absolute Gasteiger partial charge is 0.504 e. The minimum atomic E-state index is -0.493. The van der Waals surface area contributed by atoms with Crippen molar-refractivity contribution in [1.29, 1.82) is 0 Å². The molecule has 2 aliphatic heterocycles. The lowest BCUT2D eigenvalue weighted by Gasteiger charge is -2.60. The quantitative estimate of drug-likeness (QED) is 0.526. The number of phenols is 1. The van der Waals surface area contributed by atoms with Crippen molar-refractivity contribution < 1.29 is 14.6 Å². The molecule has 1 aromatic carbocycles. The van der Waals surface area contributed by atoms with E-state index in [-0.39, 0.29) is 20.4 Å². The number of carbonyl (C=O) groups excluding carboxylic acids is 1. The summed E-state index contributed by atoms with van der Waals surface area (Å²) in [5.41, 5.74) is 1.98. The van der Waals surface area contributed by atoms with Crippen molar-refractivity contribution >= 4 is 28.4 Å². The van der Waals surface area contributed by atoms with Crippen LogP contribution in [0.5, 0.6) is 11.5 Å². The van der Waals surface area contributed by atoms with Crippen molar-refractivity contribution in [3.8, 4) is 11.5 Å². The highest BCUT2D eigenvalue weighted by atomic mass is 127. The smallest absolute Gasteiger partial charge is 0.196 e. The van der Waals surface area contributed by atoms with E-state index < -0.39 is 6.10 Å². The fraction of sp³-hybridized carbons (Fsp3) is 0.471. The molecule has 0 radical (unpaired) electrons. The number of phenolic OH excluding ortho intramolecular Hbond substituents is 1. The van der Waals surface area contributed by atoms with Gasteiger partial charge in [-0.3, -0.25) is 4.79 Å². The first kappa shape index (κ1) is 13.4. The van der Waals surface area contributed by atoms with Crippen LogP contribution in [0.25, 0.3) is 0 Å². The predicted octanol–water partition coefficient (Wildman–Crippen LogP) is 1.96. The zero-order valence-electron chi connectivity index (χ0n) is 12.2. The van der Waals surface area contributed by atoms with Crippen LogP contribution in [0.3, 0.4) is 0 Å². The van der Waals surface area contributed by atoms with Crippen LogP contribution in [0.1, 0.15) is 17.5 Å². The molecule has 5 heteroatoms. The van der Waals surface area contributed by atoms with Gasteiger partial charge in [-0.2, -0.15) is 0 Å². The van der Waals surface area contributed by atoms with E-state index in [2.05, 4.69) is 40.6 Å². The molecule has 0 amide bonds. The van der Waals surface area contributed by atoms with Gasteiger partial charge in [0.05, 0.1) is 8.84 Å². The van der Waals surface area contributed by atoms with Crippen molar-refractivity contribution in [3.05, 3.63) is 35.4 Å². The van der Waals surface area contributed by atoms with Crippen LogP contribution >= 0.6 is 22.6 Å². The van der Waals surface area contributed by atoms with E-state index in [1.54, 1.807) is 12.1 Å². The summed E-state index contributed by atoms with van der Waals surface area (Å²) in [5, 5.41) is 10.3.